The predicted molar refractivity (Wildman–Crippen MR) is 161 cm³/mol. The number of carbonyl (C=O) groups is 3. The van der Waals surface area contributed by atoms with Crippen LogP contribution in [-0.2, 0) is 33.9 Å². The number of oxime groups is 1. The molecule has 2 saturated heterocycles. The molecule has 0 bridgehead atoms. The van der Waals surface area contributed by atoms with Crippen LogP contribution in [-0.4, -0.2) is 94.7 Å². The molecular weight excluding hydrogens is 634 g/mol. The number of hydrogen-bond donors (Lipinski definition) is 5. The van der Waals surface area contributed by atoms with Crippen molar-refractivity contribution in [2.75, 3.05) is 25.4 Å². The number of hydroxylamine groups is 2. The topological polar surface area (TPSA) is 258 Å². The van der Waals surface area contributed by atoms with Gasteiger partial charge in [-0.05, 0) is 57.5 Å². The maximum Gasteiger partial charge on any atom is 0.418 e. The highest BCUT2D eigenvalue weighted by Gasteiger charge is 2.57. The molecule has 1 amide bonds. The molecule has 4 rings (SSSR count). The Hall–Kier alpha value is -4.17. The number of piperidine rings is 1. The second kappa shape index (κ2) is 13.9. The van der Waals surface area contributed by atoms with Crippen molar-refractivity contribution in [1.82, 2.24) is 15.4 Å². The lowest BCUT2D eigenvalue weighted by molar-refractivity contribution is -0.228. The number of carboxylic acids is 1. The number of nitrogen functional groups attached to an aromatic ring is 1. The van der Waals surface area contributed by atoms with E-state index in [1.165, 1.54) is 19.2 Å². The van der Waals surface area contributed by atoms with Crippen LogP contribution in [0.5, 0.6) is 5.75 Å². The van der Waals surface area contributed by atoms with Gasteiger partial charge in [-0.1, -0.05) is 5.16 Å². The molecule has 3 atom stereocenters. The zero-order valence-electron chi connectivity index (χ0n) is 24.3. The monoisotopic (exact) mass is 667 g/mol. The molecule has 2 aliphatic heterocycles. The number of thiazole rings is 1. The van der Waals surface area contributed by atoms with Crippen LogP contribution in [0.25, 0.3) is 0 Å². The standard InChI is InChI=1S/C26H33N7O10S2/c1-26(2)17(23(35)33(26)43-45(38,39)40)10-19(34)21(18-13-44-25(28)31-18)32-42-20(24(36)37)12-41-16-7-5-14(6-8-16)22(27)30-15-4-3-9-29-11-15/h5-8,13,15,17,20,29H,3-4,9-12H2,1-2H3,(H2,27,30)(H2,28,31)(H,36,37)(H,38,39,40)/b32-21-/t15-,17+,20-/m0/s1. The van der Waals surface area contributed by atoms with Gasteiger partial charge in [0, 0.05) is 23.9 Å². The van der Waals surface area contributed by atoms with Gasteiger partial charge in [0.25, 0.3) is 12.0 Å². The minimum atomic E-state index is -4.99. The van der Waals surface area contributed by atoms with Gasteiger partial charge in [-0.15, -0.1) is 15.6 Å². The van der Waals surface area contributed by atoms with Crippen LogP contribution >= 0.6 is 11.3 Å². The number of aromatic nitrogens is 1. The number of ether oxygens (including phenoxy) is 1. The molecule has 19 heteroatoms. The number of ketones is 1. The first kappa shape index (κ1) is 33.7. The zero-order valence-corrected chi connectivity index (χ0v) is 25.9. The lowest BCUT2D eigenvalue weighted by Crippen LogP contribution is -2.68. The van der Waals surface area contributed by atoms with Crippen LogP contribution in [0.2, 0.25) is 0 Å². The summed E-state index contributed by atoms with van der Waals surface area (Å²) in [6.07, 6.45) is -0.195. The Morgan fingerprint density at radius 2 is 2.00 bits per heavy atom. The molecule has 3 heterocycles. The van der Waals surface area contributed by atoms with Gasteiger partial charge in [0.15, 0.2) is 16.6 Å². The number of carbonyl (C=O) groups excluding carboxylic acids is 2. The van der Waals surface area contributed by atoms with Gasteiger partial charge in [-0.25, -0.2) is 9.78 Å². The second-order valence-electron chi connectivity index (χ2n) is 10.8. The van der Waals surface area contributed by atoms with Crippen molar-refractivity contribution in [2.24, 2.45) is 21.8 Å². The van der Waals surface area contributed by atoms with E-state index in [1.807, 2.05) is 0 Å². The molecule has 45 heavy (non-hydrogen) atoms. The van der Waals surface area contributed by atoms with Crippen LogP contribution in [0.4, 0.5) is 5.13 Å². The Morgan fingerprint density at radius 1 is 1.29 bits per heavy atom. The van der Waals surface area contributed by atoms with Crippen molar-refractivity contribution in [3.63, 3.8) is 0 Å². The summed E-state index contributed by atoms with van der Waals surface area (Å²) in [5, 5.41) is 18.7. The van der Waals surface area contributed by atoms with Crippen LogP contribution in [0, 0.1) is 5.92 Å². The lowest BCUT2D eigenvalue weighted by atomic mass is 9.74. The number of carboxylic acid groups (broad SMARTS) is 1. The largest absolute Gasteiger partial charge is 0.489 e. The normalized spacial score (nSPS) is 21.1. The van der Waals surface area contributed by atoms with Crippen LogP contribution in [0.15, 0.2) is 39.8 Å². The molecular formula is C26H33N7O10S2. The van der Waals surface area contributed by atoms with Gasteiger partial charge < -0.3 is 31.5 Å². The molecule has 0 radical (unpaired) electrons. The fraction of sp³-hybridized carbons (Fsp3) is 0.462. The summed E-state index contributed by atoms with van der Waals surface area (Å²) in [5.41, 5.74) is 10.8. The Kier molecular flexibility index (Phi) is 10.4. The number of anilines is 1. The molecule has 7 N–H and O–H groups in total. The van der Waals surface area contributed by atoms with E-state index in [-0.39, 0.29) is 16.9 Å². The van der Waals surface area contributed by atoms with Crippen molar-refractivity contribution in [1.29, 1.82) is 0 Å². The molecule has 0 spiro atoms. The lowest BCUT2D eigenvalue weighted by Gasteiger charge is -2.50. The summed E-state index contributed by atoms with van der Waals surface area (Å²) in [4.78, 5) is 51.5. The van der Waals surface area contributed by atoms with Crippen molar-refractivity contribution in [3.05, 3.63) is 40.9 Å². The molecule has 2 fully saturated rings. The van der Waals surface area contributed by atoms with Crippen molar-refractivity contribution < 1.29 is 46.3 Å². The number of aliphatic carboxylic acids is 1. The molecule has 0 saturated carbocycles. The van der Waals surface area contributed by atoms with Crippen LogP contribution in [0.3, 0.4) is 0 Å². The summed E-state index contributed by atoms with van der Waals surface area (Å²) in [5.74, 6) is -3.48. The molecule has 0 aliphatic carbocycles. The first-order valence-electron chi connectivity index (χ1n) is 13.6. The van der Waals surface area contributed by atoms with E-state index in [0.29, 0.717) is 22.2 Å². The van der Waals surface area contributed by atoms with Crippen LogP contribution < -0.4 is 21.5 Å². The Bertz CT molecular complexity index is 1580. The SMILES string of the molecule is CC1(C)[C@H](CC(=O)/C(=N\O[C@@H](COc2ccc(C(N)=N[C@H]3CCCNC3)cc2)C(=O)O)c2csc(N)n2)C(=O)N1OS(=O)(=O)O. The number of β-lactam (4-membered cyclic amide) rings is 1. The first-order chi connectivity index (χ1) is 21.2. The average molecular weight is 668 g/mol. The third-order valence-electron chi connectivity index (χ3n) is 7.15. The quantitative estimate of drug-likeness (QED) is 0.0599. The predicted octanol–water partition coefficient (Wildman–Crippen LogP) is 0.366. The molecule has 1 aromatic carbocycles. The Labute approximate surface area is 262 Å². The molecule has 0 unspecified atom stereocenters. The van der Waals surface area contributed by atoms with Crippen molar-refractivity contribution in [2.45, 2.75) is 50.8 Å². The van der Waals surface area contributed by atoms with Gasteiger partial charge in [-0.3, -0.25) is 19.1 Å². The first-order valence-corrected chi connectivity index (χ1v) is 15.9. The highest BCUT2D eigenvalue weighted by molar-refractivity contribution is 7.80. The number of nitrogens with one attached hydrogen (secondary N) is 1. The van der Waals surface area contributed by atoms with Gasteiger partial charge in [0.1, 0.15) is 23.9 Å². The molecule has 1 aromatic heterocycles. The van der Waals surface area contributed by atoms with E-state index in [9.17, 15) is 27.9 Å². The number of hydrogen-bond acceptors (Lipinski definition) is 14. The number of aliphatic imine (C=N–C) groups is 1. The maximum atomic E-state index is 13.3. The van der Waals surface area contributed by atoms with E-state index < -0.39 is 64.4 Å². The number of amidine groups is 1. The third kappa shape index (κ3) is 8.51. The minimum absolute atomic E-state index is 0.0259. The van der Waals surface area contributed by atoms with Gasteiger partial charge in [0.05, 0.1) is 17.5 Å². The van der Waals surface area contributed by atoms with Gasteiger partial charge in [0.2, 0.25) is 0 Å². The van der Waals surface area contributed by atoms with Crippen molar-refractivity contribution >= 4 is 56.1 Å². The number of Topliss-reactive ketones (excluding diaryl/α,β-unsaturated/α-hetero) is 1. The van der Waals surface area contributed by atoms with E-state index in [4.69, 9.17) is 25.6 Å². The fourth-order valence-corrected chi connectivity index (χ4v) is 5.66. The highest BCUT2D eigenvalue weighted by atomic mass is 32.3. The van der Waals surface area contributed by atoms with E-state index in [2.05, 4.69) is 24.7 Å². The number of nitrogens with two attached hydrogens (primary N) is 2. The fourth-order valence-electron chi connectivity index (χ4n) is 4.66. The summed E-state index contributed by atoms with van der Waals surface area (Å²) in [6.45, 7) is 4.06. The van der Waals surface area contributed by atoms with Crippen LogP contribution in [0.1, 0.15) is 44.4 Å². The number of nitrogens with zero attached hydrogens (tertiary/aromatic N) is 4. The van der Waals surface area contributed by atoms with Gasteiger partial charge >= 0.3 is 16.4 Å². The van der Waals surface area contributed by atoms with Gasteiger partial charge in [-0.2, -0.15) is 13.5 Å². The summed E-state index contributed by atoms with van der Waals surface area (Å²) < 4.78 is 41.0. The second-order valence-corrected chi connectivity index (χ2v) is 12.7. The number of rotatable bonds is 14. The summed E-state index contributed by atoms with van der Waals surface area (Å²) in [7, 11) is -4.99. The average Bonchev–Trinajstić information content (AvgIpc) is 3.41. The van der Waals surface area contributed by atoms with E-state index in [0.717, 1.165) is 37.3 Å². The smallest absolute Gasteiger partial charge is 0.418 e. The number of benzene rings is 1. The van der Waals surface area contributed by atoms with E-state index >= 15 is 0 Å². The Morgan fingerprint density at radius 3 is 2.56 bits per heavy atom. The summed E-state index contributed by atoms with van der Waals surface area (Å²) >= 11 is 0.984. The molecule has 17 nitrogen and oxygen atoms in total. The highest BCUT2D eigenvalue weighted by Crippen LogP contribution is 2.40. The Balaban J connectivity index is 1.43. The molecule has 2 aliphatic rings. The third-order valence-corrected chi connectivity index (χ3v) is 8.16. The zero-order chi connectivity index (χ0) is 32.9. The van der Waals surface area contributed by atoms with Crippen molar-refractivity contribution in [3.8, 4) is 5.75 Å². The summed E-state index contributed by atoms with van der Waals surface area (Å²) in [6, 6.07) is 6.66. The number of amides is 1. The molecule has 244 valence electrons. The minimum Gasteiger partial charge on any atom is -0.489 e. The maximum absolute atomic E-state index is 13.3. The van der Waals surface area contributed by atoms with E-state index in [1.54, 1.807) is 24.3 Å². The molecule has 2 aromatic rings.